The van der Waals surface area contributed by atoms with E-state index >= 15 is 0 Å². The summed E-state index contributed by atoms with van der Waals surface area (Å²) in [6, 6.07) is 0.207. The Labute approximate surface area is 79.7 Å². The first-order valence-corrected chi connectivity index (χ1v) is 5.06. The van der Waals surface area contributed by atoms with Crippen LogP contribution in [0.25, 0.3) is 0 Å². The Morgan fingerprint density at radius 3 is 2.36 bits per heavy atom. The molecule has 0 saturated heterocycles. The summed E-state index contributed by atoms with van der Waals surface area (Å²) in [5.41, 5.74) is 0. The molecule has 0 bridgehead atoms. The Morgan fingerprint density at radius 2 is 1.91 bits per heavy atom. The third kappa shape index (κ3) is 3.27. The molecule has 1 fully saturated rings. The highest BCUT2D eigenvalue weighted by molar-refractivity contribution is 14.1. The van der Waals surface area contributed by atoms with Gasteiger partial charge in [0.05, 0.1) is 0 Å². The van der Waals surface area contributed by atoms with Crippen molar-refractivity contribution in [1.82, 2.24) is 5.32 Å². The van der Waals surface area contributed by atoms with Crippen LogP contribution in [0.5, 0.6) is 0 Å². The number of carbonyl (C=O) groups is 1. The Morgan fingerprint density at radius 1 is 1.36 bits per heavy atom. The molecule has 3 nitrogen and oxygen atoms in total. The van der Waals surface area contributed by atoms with Crippen molar-refractivity contribution in [1.29, 1.82) is 0 Å². The molecule has 0 radical (unpaired) electrons. The fraction of sp³-hybridized carbons (Fsp3) is 0.857. The lowest BCUT2D eigenvalue weighted by Gasteiger charge is -2.24. The summed E-state index contributed by atoms with van der Waals surface area (Å²) in [6.45, 7) is 0. The van der Waals surface area contributed by atoms with E-state index in [0.29, 0.717) is 0 Å². The predicted octanol–water partition coefficient (Wildman–Crippen LogP) is 2.00. The van der Waals surface area contributed by atoms with Crippen molar-refractivity contribution >= 4 is 28.7 Å². The van der Waals surface area contributed by atoms with Crippen molar-refractivity contribution in [3.05, 3.63) is 0 Å². The zero-order valence-corrected chi connectivity index (χ0v) is 8.37. The second-order valence-electron chi connectivity index (χ2n) is 2.90. The first-order chi connectivity index (χ1) is 5.18. The summed E-state index contributed by atoms with van der Waals surface area (Å²) in [5.74, 6) is 0. The molecule has 1 aliphatic rings. The van der Waals surface area contributed by atoms with Crippen molar-refractivity contribution in [3.8, 4) is 0 Å². The largest absolute Gasteiger partial charge is 0.465 e. The molecule has 0 heterocycles. The summed E-state index contributed by atoms with van der Waals surface area (Å²) in [7, 11) is 0. The highest BCUT2D eigenvalue weighted by Crippen LogP contribution is 2.24. The molecule has 0 aromatic carbocycles. The maximum absolute atomic E-state index is 10.2. The lowest BCUT2D eigenvalue weighted by molar-refractivity contribution is 0.186. The molecule has 0 atom stereocenters. The molecule has 0 aromatic heterocycles. The number of halogens is 1. The molecule has 0 spiro atoms. The number of rotatable bonds is 1. The Balaban J connectivity index is 2.22. The quantitative estimate of drug-likeness (QED) is 0.565. The van der Waals surface area contributed by atoms with E-state index in [1.165, 1.54) is 0 Å². The van der Waals surface area contributed by atoms with Crippen molar-refractivity contribution in [2.75, 3.05) is 0 Å². The molecule has 1 amide bonds. The molecule has 1 aliphatic carbocycles. The van der Waals surface area contributed by atoms with E-state index in [2.05, 4.69) is 27.9 Å². The van der Waals surface area contributed by atoms with Gasteiger partial charge >= 0.3 is 6.09 Å². The van der Waals surface area contributed by atoms with Gasteiger partial charge in [-0.2, -0.15) is 0 Å². The van der Waals surface area contributed by atoms with Gasteiger partial charge in [0, 0.05) is 9.97 Å². The summed E-state index contributed by atoms with van der Waals surface area (Å²) in [5, 5.41) is 10.9. The number of alkyl halides is 1. The smallest absolute Gasteiger partial charge is 0.404 e. The molecule has 1 saturated carbocycles. The van der Waals surface area contributed by atoms with E-state index in [1.54, 1.807) is 0 Å². The molecule has 0 aromatic rings. The predicted molar refractivity (Wildman–Crippen MR) is 51.2 cm³/mol. The van der Waals surface area contributed by atoms with Gasteiger partial charge in [-0.25, -0.2) is 4.79 Å². The van der Waals surface area contributed by atoms with Crippen LogP contribution in [0.15, 0.2) is 0 Å². The average molecular weight is 269 g/mol. The highest BCUT2D eigenvalue weighted by atomic mass is 127. The maximum atomic E-state index is 10.2. The number of nitrogens with one attached hydrogen (secondary N) is 1. The van der Waals surface area contributed by atoms with Gasteiger partial charge in [0.2, 0.25) is 0 Å². The van der Waals surface area contributed by atoms with E-state index in [4.69, 9.17) is 5.11 Å². The molecule has 0 unspecified atom stereocenters. The minimum absolute atomic E-state index is 0.207. The van der Waals surface area contributed by atoms with Crippen molar-refractivity contribution < 1.29 is 9.90 Å². The maximum Gasteiger partial charge on any atom is 0.404 e. The van der Waals surface area contributed by atoms with Gasteiger partial charge in [0.25, 0.3) is 0 Å². The monoisotopic (exact) mass is 269 g/mol. The summed E-state index contributed by atoms with van der Waals surface area (Å²) >= 11 is 2.43. The van der Waals surface area contributed by atoms with Gasteiger partial charge in [-0.05, 0) is 25.7 Å². The van der Waals surface area contributed by atoms with Crippen LogP contribution in [0.1, 0.15) is 25.7 Å². The number of hydrogen-bond donors (Lipinski definition) is 2. The number of hydrogen-bond acceptors (Lipinski definition) is 1. The summed E-state index contributed by atoms with van der Waals surface area (Å²) in [4.78, 5) is 10.2. The molecular weight excluding hydrogens is 257 g/mol. The van der Waals surface area contributed by atoms with Crippen LogP contribution < -0.4 is 5.32 Å². The average Bonchev–Trinajstić information content (AvgIpc) is 1.93. The van der Waals surface area contributed by atoms with Crippen LogP contribution in [0, 0.1) is 0 Å². The van der Waals surface area contributed by atoms with Crippen LogP contribution in [0.3, 0.4) is 0 Å². The number of carboxylic acid groups (broad SMARTS) is 1. The van der Waals surface area contributed by atoms with Gasteiger partial charge < -0.3 is 10.4 Å². The fourth-order valence-corrected chi connectivity index (χ4v) is 2.09. The lowest BCUT2D eigenvalue weighted by atomic mass is 9.96. The van der Waals surface area contributed by atoms with Crippen molar-refractivity contribution in [2.45, 2.75) is 35.6 Å². The second-order valence-corrected chi connectivity index (χ2v) is 4.66. The zero-order valence-electron chi connectivity index (χ0n) is 6.22. The van der Waals surface area contributed by atoms with E-state index in [-0.39, 0.29) is 6.04 Å². The number of amides is 1. The molecule has 1 rings (SSSR count). The molecule has 4 heteroatoms. The third-order valence-electron chi connectivity index (χ3n) is 1.98. The van der Waals surface area contributed by atoms with Gasteiger partial charge in [-0.3, -0.25) is 0 Å². The van der Waals surface area contributed by atoms with Crippen LogP contribution in [0.2, 0.25) is 0 Å². The van der Waals surface area contributed by atoms with Gasteiger partial charge in [-0.15, -0.1) is 0 Å². The third-order valence-corrected chi connectivity index (χ3v) is 3.23. The van der Waals surface area contributed by atoms with Crippen LogP contribution in [-0.2, 0) is 0 Å². The highest BCUT2D eigenvalue weighted by Gasteiger charge is 2.19. The fourth-order valence-electron chi connectivity index (χ4n) is 1.37. The SMILES string of the molecule is O=C(O)N[C@H]1CC[C@@H](I)CC1. The van der Waals surface area contributed by atoms with Gasteiger partial charge in [-0.1, -0.05) is 22.6 Å². The Kier molecular flexibility index (Phi) is 3.42. The Hall–Kier alpha value is 0. The lowest BCUT2D eigenvalue weighted by Crippen LogP contribution is -2.36. The topological polar surface area (TPSA) is 49.3 Å². The van der Waals surface area contributed by atoms with Crippen molar-refractivity contribution in [3.63, 3.8) is 0 Å². The van der Waals surface area contributed by atoms with E-state index in [9.17, 15) is 4.79 Å². The van der Waals surface area contributed by atoms with E-state index < -0.39 is 6.09 Å². The molecule has 64 valence electrons. The van der Waals surface area contributed by atoms with Gasteiger partial charge in [0.1, 0.15) is 0 Å². The standard InChI is InChI=1S/C7H12INO2/c8-5-1-3-6(4-2-5)9-7(10)11/h5-6,9H,1-4H2,(H,10,11)/t5-,6+. The molecular formula is C7H12INO2. The minimum atomic E-state index is -0.887. The normalized spacial score (nSPS) is 31.4. The van der Waals surface area contributed by atoms with Crippen LogP contribution in [-0.4, -0.2) is 21.2 Å². The molecule has 11 heavy (non-hydrogen) atoms. The van der Waals surface area contributed by atoms with Crippen LogP contribution in [0.4, 0.5) is 4.79 Å². The molecule has 0 aliphatic heterocycles. The van der Waals surface area contributed by atoms with E-state index in [0.717, 1.165) is 29.6 Å². The molecule has 2 N–H and O–H groups in total. The second kappa shape index (κ2) is 4.13. The van der Waals surface area contributed by atoms with Crippen molar-refractivity contribution in [2.24, 2.45) is 0 Å². The van der Waals surface area contributed by atoms with E-state index in [1.807, 2.05) is 0 Å². The summed E-state index contributed by atoms with van der Waals surface area (Å²) < 4.78 is 0.749. The Bertz CT molecular complexity index is 143. The first kappa shape index (κ1) is 9.09. The van der Waals surface area contributed by atoms with Gasteiger partial charge in [0.15, 0.2) is 0 Å². The zero-order chi connectivity index (χ0) is 8.27. The summed E-state index contributed by atoms with van der Waals surface area (Å²) in [6.07, 6.45) is 3.40. The first-order valence-electron chi connectivity index (χ1n) is 3.82. The minimum Gasteiger partial charge on any atom is -0.465 e. The van der Waals surface area contributed by atoms with Crippen LogP contribution >= 0.6 is 22.6 Å².